The average molecular weight is 268 g/mol. The van der Waals surface area contributed by atoms with Crippen LogP contribution < -0.4 is 5.32 Å². The summed E-state index contributed by atoms with van der Waals surface area (Å²) in [6, 6.07) is 7.72. The van der Waals surface area contributed by atoms with Gasteiger partial charge in [0.2, 0.25) is 5.91 Å². The van der Waals surface area contributed by atoms with Crippen LogP contribution in [0.15, 0.2) is 24.3 Å². The Balaban J connectivity index is 2.89. The first kappa shape index (κ1) is 15.0. The molecule has 0 saturated heterocycles. The van der Waals surface area contributed by atoms with Crippen LogP contribution in [-0.2, 0) is 11.2 Å². The smallest absolute Gasteiger partial charge is 0.223 e. The van der Waals surface area contributed by atoms with Gasteiger partial charge in [0.15, 0.2) is 0 Å². The minimum absolute atomic E-state index is 0.0454. The van der Waals surface area contributed by atoms with Crippen molar-refractivity contribution in [3.8, 4) is 0 Å². The second kappa shape index (κ2) is 6.24. The number of amides is 1. The van der Waals surface area contributed by atoms with Gasteiger partial charge in [-0.2, -0.15) is 0 Å². The van der Waals surface area contributed by atoms with Crippen LogP contribution in [0.5, 0.6) is 0 Å². The summed E-state index contributed by atoms with van der Waals surface area (Å²) in [4.78, 5) is 12.1. The molecule has 1 atom stereocenters. The molecule has 0 saturated carbocycles. The van der Waals surface area contributed by atoms with Gasteiger partial charge in [-0.3, -0.25) is 4.79 Å². The van der Waals surface area contributed by atoms with E-state index < -0.39 is 0 Å². The van der Waals surface area contributed by atoms with Crippen molar-refractivity contribution >= 4 is 17.5 Å². The van der Waals surface area contributed by atoms with E-state index in [1.54, 1.807) is 0 Å². The molecular formula is C15H22ClNO. The fourth-order valence-electron chi connectivity index (χ4n) is 1.99. The van der Waals surface area contributed by atoms with Crippen molar-refractivity contribution in [2.45, 2.75) is 34.1 Å². The van der Waals surface area contributed by atoms with E-state index in [0.717, 1.165) is 17.0 Å². The summed E-state index contributed by atoms with van der Waals surface area (Å²) in [5.41, 5.74) is 1.04. The zero-order valence-electron chi connectivity index (χ0n) is 11.6. The van der Waals surface area contributed by atoms with Crippen LogP contribution in [0.3, 0.4) is 0 Å². The lowest BCUT2D eigenvalue weighted by Crippen LogP contribution is -2.39. The molecule has 3 heteroatoms. The Bertz CT molecular complexity index is 409. The van der Waals surface area contributed by atoms with E-state index in [9.17, 15) is 4.79 Å². The number of carbonyl (C=O) groups excluding carboxylic acids is 1. The molecule has 0 spiro atoms. The number of halogens is 1. The van der Waals surface area contributed by atoms with Gasteiger partial charge in [0, 0.05) is 17.5 Å². The van der Waals surface area contributed by atoms with E-state index >= 15 is 0 Å². The Morgan fingerprint density at radius 2 is 2.06 bits per heavy atom. The van der Waals surface area contributed by atoms with Gasteiger partial charge >= 0.3 is 0 Å². The van der Waals surface area contributed by atoms with Crippen LogP contribution in [0.2, 0.25) is 5.02 Å². The molecule has 100 valence electrons. The Morgan fingerprint density at radius 1 is 1.39 bits per heavy atom. The van der Waals surface area contributed by atoms with Gasteiger partial charge in [0.1, 0.15) is 0 Å². The molecular weight excluding hydrogens is 246 g/mol. The fourth-order valence-corrected chi connectivity index (χ4v) is 2.20. The summed E-state index contributed by atoms with van der Waals surface area (Å²) in [5, 5.41) is 3.63. The van der Waals surface area contributed by atoms with Gasteiger partial charge < -0.3 is 5.32 Å². The highest BCUT2D eigenvalue weighted by Crippen LogP contribution is 2.29. The highest BCUT2D eigenvalue weighted by atomic mass is 35.5. The van der Waals surface area contributed by atoms with E-state index in [1.807, 2.05) is 31.2 Å². The van der Waals surface area contributed by atoms with E-state index in [4.69, 9.17) is 11.6 Å². The lowest BCUT2D eigenvalue weighted by molar-refractivity contribution is -0.128. The van der Waals surface area contributed by atoms with Crippen molar-refractivity contribution in [3.63, 3.8) is 0 Å². The van der Waals surface area contributed by atoms with Crippen molar-refractivity contribution in [2.75, 3.05) is 6.54 Å². The lowest BCUT2D eigenvalue weighted by Gasteiger charge is -2.29. The van der Waals surface area contributed by atoms with Crippen LogP contribution in [0, 0.1) is 11.3 Å². The maximum Gasteiger partial charge on any atom is 0.223 e. The predicted molar refractivity (Wildman–Crippen MR) is 76.8 cm³/mol. The van der Waals surface area contributed by atoms with Gasteiger partial charge in [-0.25, -0.2) is 0 Å². The molecule has 18 heavy (non-hydrogen) atoms. The number of hydrogen-bond donors (Lipinski definition) is 1. The van der Waals surface area contributed by atoms with Crippen molar-refractivity contribution in [1.82, 2.24) is 5.32 Å². The number of nitrogens with one attached hydrogen (secondary N) is 1. The number of benzene rings is 1. The monoisotopic (exact) mass is 267 g/mol. The van der Waals surface area contributed by atoms with E-state index in [-0.39, 0.29) is 17.2 Å². The number of carbonyl (C=O) groups is 1. The SMILES string of the molecule is CCNC(=O)[C@@H](Cc1cccc(Cl)c1)C(C)(C)C. The summed E-state index contributed by atoms with van der Waals surface area (Å²) in [6.45, 7) is 8.89. The summed E-state index contributed by atoms with van der Waals surface area (Å²) in [7, 11) is 0. The highest BCUT2D eigenvalue weighted by Gasteiger charge is 2.30. The minimum Gasteiger partial charge on any atom is -0.356 e. The normalized spacial score (nSPS) is 13.2. The Morgan fingerprint density at radius 3 is 2.56 bits per heavy atom. The standard InChI is InChI=1S/C15H22ClNO/c1-5-17-14(18)13(15(2,3)4)10-11-7-6-8-12(16)9-11/h6-9,13H,5,10H2,1-4H3,(H,17,18)/t13-/m1/s1. The number of hydrogen-bond acceptors (Lipinski definition) is 1. The average Bonchev–Trinajstić information content (AvgIpc) is 2.24. The molecule has 1 amide bonds. The third kappa shape index (κ3) is 4.34. The maximum absolute atomic E-state index is 12.1. The molecule has 1 aromatic rings. The van der Waals surface area contributed by atoms with Gasteiger partial charge in [0.25, 0.3) is 0 Å². The van der Waals surface area contributed by atoms with Crippen LogP contribution in [0.25, 0.3) is 0 Å². The third-order valence-corrected chi connectivity index (χ3v) is 3.28. The summed E-state index contributed by atoms with van der Waals surface area (Å²) < 4.78 is 0. The molecule has 0 aliphatic rings. The quantitative estimate of drug-likeness (QED) is 0.886. The molecule has 0 aromatic heterocycles. The molecule has 2 nitrogen and oxygen atoms in total. The molecule has 0 fully saturated rings. The lowest BCUT2D eigenvalue weighted by atomic mass is 9.76. The first-order valence-corrected chi connectivity index (χ1v) is 6.74. The van der Waals surface area contributed by atoms with Crippen LogP contribution in [0.1, 0.15) is 33.3 Å². The molecule has 1 aromatic carbocycles. The molecule has 0 heterocycles. The predicted octanol–water partition coefficient (Wildman–Crippen LogP) is 3.68. The second-order valence-electron chi connectivity index (χ2n) is 5.65. The van der Waals surface area contributed by atoms with Gasteiger partial charge in [-0.05, 0) is 36.5 Å². The second-order valence-corrected chi connectivity index (χ2v) is 6.08. The maximum atomic E-state index is 12.1. The molecule has 0 radical (unpaired) electrons. The summed E-state index contributed by atoms with van der Waals surface area (Å²) >= 11 is 5.98. The minimum atomic E-state index is -0.0679. The molecule has 0 bridgehead atoms. The zero-order chi connectivity index (χ0) is 13.8. The van der Waals surface area contributed by atoms with Crippen molar-refractivity contribution in [1.29, 1.82) is 0 Å². The zero-order valence-corrected chi connectivity index (χ0v) is 12.3. The van der Waals surface area contributed by atoms with Crippen LogP contribution >= 0.6 is 11.6 Å². The van der Waals surface area contributed by atoms with Crippen LogP contribution in [-0.4, -0.2) is 12.5 Å². The summed E-state index contributed by atoms with van der Waals surface area (Å²) in [6.07, 6.45) is 0.718. The Hall–Kier alpha value is -1.02. The topological polar surface area (TPSA) is 29.1 Å². The summed E-state index contributed by atoms with van der Waals surface area (Å²) in [5.74, 6) is 0.0703. The third-order valence-electron chi connectivity index (χ3n) is 3.04. The number of rotatable bonds is 4. The molecule has 0 aliphatic carbocycles. The van der Waals surface area contributed by atoms with Crippen molar-refractivity contribution in [2.24, 2.45) is 11.3 Å². The van der Waals surface area contributed by atoms with Gasteiger partial charge in [-0.1, -0.05) is 44.5 Å². The molecule has 1 N–H and O–H groups in total. The van der Waals surface area contributed by atoms with Crippen molar-refractivity contribution < 1.29 is 4.79 Å². The van der Waals surface area contributed by atoms with Crippen LogP contribution in [0.4, 0.5) is 0 Å². The van der Waals surface area contributed by atoms with Crippen molar-refractivity contribution in [3.05, 3.63) is 34.9 Å². The molecule has 0 aliphatic heterocycles. The Labute approximate surface area is 115 Å². The van der Waals surface area contributed by atoms with E-state index in [0.29, 0.717) is 6.54 Å². The van der Waals surface area contributed by atoms with Gasteiger partial charge in [0.05, 0.1) is 0 Å². The largest absolute Gasteiger partial charge is 0.356 e. The first-order chi connectivity index (χ1) is 8.34. The fraction of sp³-hybridized carbons (Fsp3) is 0.533. The van der Waals surface area contributed by atoms with Gasteiger partial charge in [-0.15, -0.1) is 0 Å². The first-order valence-electron chi connectivity index (χ1n) is 6.36. The molecule has 1 rings (SSSR count). The van der Waals surface area contributed by atoms with E-state index in [2.05, 4.69) is 26.1 Å². The van der Waals surface area contributed by atoms with E-state index in [1.165, 1.54) is 0 Å². The molecule has 0 unspecified atom stereocenters. The highest BCUT2D eigenvalue weighted by molar-refractivity contribution is 6.30. The Kier molecular flexibility index (Phi) is 5.21.